The number of Topliss-reactive ketones (excluding diaryl/α,β-unsaturated/α-hetero) is 2. The number of carbonyl (C=O) groups excluding carboxylic acids is 2. The lowest BCUT2D eigenvalue weighted by Crippen LogP contribution is -2.06. The zero-order valence-corrected chi connectivity index (χ0v) is 12.4. The van der Waals surface area contributed by atoms with E-state index in [0.717, 1.165) is 0 Å². The largest absolute Gasteiger partial charge is 0.457 e. The van der Waals surface area contributed by atoms with Gasteiger partial charge in [0.1, 0.15) is 11.5 Å². The van der Waals surface area contributed by atoms with Gasteiger partial charge in [0.05, 0.1) is 0 Å². The van der Waals surface area contributed by atoms with Crippen LogP contribution in [0.4, 0.5) is 0 Å². The number of hydrogen-bond donors (Lipinski definition) is 0. The molecule has 2 aromatic rings. The van der Waals surface area contributed by atoms with Crippen LogP contribution in [0.25, 0.3) is 0 Å². The van der Waals surface area contributed by atoms with Crippen LogP contribution in [0.1, 0.15) is 41.5 Å². The summed E-state index contributed by atoms with van der Waals surface area (Å²) in [6, 6.07) is 14.0. The molecule has 0 aliphatic rings. The summed E-state index contributed by atoms with van der Waals surface area (Å²) < 4.78 is 5.69. The molecule has 0 fully saturated rings. The lowest BCUT2D eigenvalue weighted by atomic mass is 10.0. The quantitative estimate of drug-likeness (QED) is 0.757. The Labute approximate surface area is 124 Å². The van der Waals surface area contributed by atoms with Gasteiger partial charge >= 0.3 is 0 Å². The molecule has 0 saturated carbocycles. The molecule has 21 heavy (non-hydrogen) atoms. The fraction of sp³-hybridized carbons (Fsp3) is 0.222. The molecule has 0 spiro atoms. The van der Waals surface area contributed by atoms with Crippen LogP contribution in [0.15, 0.2) is 48.5 Å². The molecular formula is C18H18O3. The van der Waals surface area contributed by atoms with Crippen molar-refractivity contribution in [3.63, 3.8) is 0 Å². The number of ether oxygens (including phenoxy) is 1. The van der Waals surface area contributed by atoms with Crippen LogP contribution in [0.5, 0.6) is 11.5 Å². The first-order chi connectivity index (χ1) is 9.97. The van der Waals surface area contributed by atoms with Crippen LogP contribution in [0.3, 0.4) is 0 Å². The van der Waals surface area contributed by atoms with E-state index in [1.54, 1.807) is 48.5 Å². The molecule has 0 aromatic heterocycles. The molecule has 0 amide bonds. The first-order valence-corrected chi connectivity index (χ1v) is 6.90. The third kappa shape index (κ3) is 3.78. The average molecular weight is 282 g/mol. The summed E-state index contributed by atoms with van der Waals surface area (Å²) in [6.07, 6.45) is 0. The van der Waals surface area contributed by atoms with Gasteiger partial charge in [-0.05, 0) is 55.5 Å². The van der Waals surface area contributed by atoms with Crippen molar-refractivity contribution >= 4 is 11.6 Å². The summed E-state index contributed by atoms with van der Waals surface area (Å²) >= 11 is 0. The van der Waals surface area contributed by atoms with Gasteiger partial charge in [-0.15, -0.1) is 0 Å². The second-order valence-electron chi connectivity index (χ2n) is 5.23. The first-order valence-electron chi connectivity index (χ1n) is 6.90. The van der Waals surface area contributed by atoms with Gasteiger partial charge in [0.25, 0.3) is 0 Å². The summed E-state index contributed by atoms with van der Waals surface area (Å²) in [6.45, 7) is 5.28. The van der Waals surface area contributed by atoms with E-state index in [4.69, 9.17) is 4.74 Å². The predicted molar refractivity (Wildman–Crippen MR) is 82.1 cm³/mol. The van der Waals surface area contributed by atoms with E-state index in [9.17, 15) is 9.59 Å². The summed E-state index contributed by atoms with van der Waals surface area (Å²) in [5.41, 5.74) is 1.34. The number of hydrogen-bond acceptors (Lipinski definition) is 3. The maximum absolute atomic E-state index is 11.8. The van der Waals surface area contributed by atoms with Gasteiger partial charge in [-0.25, -0.2) is 0 Å². The van der Waals surface area contributed by atoms with Gasteiger partial charge in [0.2, 0.25) is 0 Å². The molecule has 108 valence electrons. The second-order valence-corrected chi connectivity index (χ2v) is 5.23. The lowest BCUT2D eigenvalue weighted by Gasteiger charge is -2.08. The van der Waals surface area contributed by atoms with Crippen LogP contribution < -0.4 is 4.74 Å². The number of carbonyl (C=O) groups is 2. The predicted octanol–water partition coefficient (Wildman–Crippen LogP) is 4.52. The third-order valence-corrected chi connectivity index (χ3v) is 3.16. The molecule has 0 unspecified atom stereocenters. The molecule has 2 rings (SSSR count). The maximum atomic E-state index is 11.8. The van der Waals surface area contributed by atoms with Gasteiger partial charge in [-0.1, -0.05) is 13.8 Å². The van der Waals surface area contributed by atoms with E-state index in [0.29, 0.717) is 22.6 Å². The number of benzene rings is 2. The van der Waals surface area contributed by atoms with E-state index in [1.165, 1.54) is 6.92 Å². The highest BCUT2D eigenvalue weighted by molar-refractivity contribution is 5.97. The highest BCUT2D eigenvalue weighted by atomic mass is 16.5. The van der Waals surface area contributed by atoms with Crippen molar-refractivity contribution in [1.82, 2.24) is 0 Å². The Balaban J connectivity index is 2.09. The molecule has 0 N–H and O–H groups in total. The van der Waals surface area contributed by atoms with Crippen molar-refractivity contribution in [3.05, 3.63) is 59.7 Å². The molecule has 0 bridgehead atoms. The van der Waals surface area contributed by atoms with Crippen molar-refractivity contribution in [3.8, 4) is 11.5 Å². The Morgan fingerprint density at radius 2 is 1.24 bits per heavy atom. The van der Waals surface area contributed by atoms with E-state index in [-0.39, 0.29) is 17.5 Å². The minimum atomic E-state index is -0.0177. The summed E-state index contributed by atoms with van der Waals surface area (Å²) in [5, 5.41) is 0. The van der Waals surface area contributed by atoms with E-state index < -0.39 is 0 Å². The molecule has 3 heteroatoms. The van der Waals surface area contributed by atoms with Crippen molar-refractivity contribution in [2.24, 2.45) is 5.92 Å². The standard InChI is InChI=1S/C18H18O3/c1-12(2)18(20)15-6-10-17(11-7-15)21-16-8-4-14(5-9-16)13(3)19/h4-12H,1-3H3. The van der Waals surface area contributed by atoms with Crippen molar-refractivity contribution in [2.45, 2.75) is 20.8 Å². The minimum Gasteiger partial charge on any atom is -0.457 e. The Morgan fingerprint density at radius 3 is 1.62 bits per heavy atom. The molecule has 0 radical (unpaired) electrons. The second kappa shape index (κ2) is 6.35. The SMILES string of the molecule is CC(=O)c1ccc(Oc2ccc(C(=O)C(C)C)cc2)cc1. The highest BCUT2D eigenvalue weighted by Crippen LogP contribution is 2.23. The van der Waals surface area contributed by atoms with Crippen LogP contribution >= 0.6 is 0 Å². The fourth-order valence-corrected chi connectivity index (χ4v) is 1.91. The fourth-order valence-electron chi connectivity index (χ4n) is 1.91. The topological polar surface area (TPSA) is 43.4 Å². The molecule has 0 heterocycles. The Morgan fingerprint density at radius 1 is 0.810 bits per heavy atom. The molecule has 0 aliphatic carbocycles. The van der Waals surface area contributed by atoms with Gasteiger partial charge in [-0.2, -0.15) is 0 Å². The third-order valence-electron chi connectivity index (χ3n) is 3.16. The summed E-state index contributed by atoms with van der Waals surface area (Å²) in [7, 11) is 0. The first kappa shape index (κ1) is 15.0. The van der Waals surface area contributed by atoms with Gasteiger partial charge in [0, 0.05) is 17.0 Å². The highest BCUT2D eigenvalue weighted by Gasteiger charge is 2.10. The van der Waals surface area contributed by atoms with E-state index >= 15 is 0 Å². The smallest absolute Gasteiger partial charge is 0.165 e. The van der Waals surface area contributed by atoms with Crippen molar-refractivity contribution in [2.75, 3.05) is 0 Å². The lowest BCUT2D eigenvalue weighted by molar-refractivity contribution is 0.0938. The van der Waals surface area contributed by atoms with Gasteiger partial charge in [0.15, 0.2) is 11.6 Å². The Kier molecular flexibility index (Phi) is 4.53. The molecule has 3 nitrogen and oxygen atoms in total. The molecule has 0 atom stereocenters. The minimum absolute atomic E-state index is 0.0177. The number of ketones is 2. The monoisotopic (exact) mass is 282 g/mol. The Hall–Kier alpha value is -2.42. The van der Waals surface area contributed by atoms with Crippen LogP contribution in [0.2, 0.25) is 0 Å². The molecule has 0 saturated heterocycles. The van der Waals surface area contributed by atoms with Crippen LogP contribution in [0, 0.1) is 5.92 Å². The van der Waals surface area contributed by atoms with Crippen LogP contribution in [-0.2, 0) is 0 Å². The summed E-state index contributed by atoms with van der Waals surface area (Å²) in [4.78, 5) is 23.0. The molecule has 0 aliphatic heterocycles. The maximum Gasteiger partial charge on any atom is 0.165 e. The Bertz CT molecular complexity index is 637. The van der Waals surface area contributed by atoms with Gasteiger partial charge < -0.3 is 4.74 Å². The van der Waals surface area contributed by atoms with E-state index in [2.05, 4.69) is 0 Å². The van der Waals surface area contributed by atoms with E-state index in [1.807, 2.05) is 13.8 Å². The van der Waals surface area contributed by atoms with Gasteiger partial charge in [-0.3, -0.25) is 9.59 Å². The van der Waals surface area contributed by atoms with Crippen LogP contribution in [-0.4, -0.2) is 11.6 Å². The zero-order chi connectivity index (χ0) is 15.4. The normalized spacial score (nSPS) is 10.5. The summed E-state index contributed by atoms with van der Waals surface area (Å²) in [5.74, 6) is 1.44. The molecular weight excluding hydrogens is 264 g/mol. The molecule has 2 aromatic carbocycles. The van der Waals surface area contributed by atoms with Crippen molar-refractivity contribution in [1.29, 1.82) is 0 Å². The average Bonchev–Trinajstić information content (AvgIpc) is 2.47. The number of rotatable bonds is 5. The zero-order valence-electron chi connectivity index (χ0n) is 12.4. The van der Waals surface area contributed by atoms with Crippen molar-refractivity contribution < 1.29 is 14.3 Å².